The van der Waals surface area contributed by atoms with E-state index in [0.29, 0.717) is 18.8 Å². The van der Waals surface area contributed by atoms with Crippen molar-refractivity contribution >= 4 is 11.9 Å². The summed E-state index contributed by atoms with van der Waals surface area (Å²) < 4.78 is 5.18. The minimum atomic E-state index is -0.448. The molecule has 0 saturated carbocycles. The van der Waals surface area contributed by atoms with Gasteiger partial charge in [-0.3, -0.25) is 19.8 Å². The van der Waals surface area contributed by atoms with E-state index in [4.69, 9.17) is 4.74 Å². The second-order valence-corrected chi connectivity index (χ2v) is 8.14. The van der Waals surface area contributed by atoms with Crippen LogP contribution in [0.25, 0.3) is 0 Å². The average Bonchev–Trinajstić information content (AvgIpc) is 3.47. The van der Waals surface area contributed by atoms with Crippen LogP contribution in [0.4, 0.5) is 0 Å². The quantitative estimate of drug-likeness (QED) is 0.778. The summed E-state index contributed by atoms with van der Waals surface area (Å²) >= 11 is 0. The Balaban J connectivity index is 1.42. The van der Waals surface area contributed by atoms with Crippen molar-refractivity contribution in [1.29, 1.82) is 0 Å². The highest BCUT2D eigenvalue weighted by atomic mass is 16.5. The maximum Gasteiger partial charge on any atom is 0.356 e. The molecule has 29 heavy (non-hydrogen) atoms. The molecule has 0 aliphatic carbocycles. The molecule has 0 unspecified atom stereocenters. The number of esters is 1. The molecule has 3 aliphatic heterocycles. The topological polar surface area (TPSA) is 91.4 Å². The number of aromatic amines is 1. The van der Waals surface area contributed by atoms with Gasteiger partial charge in [0.15, 0.2) is 0 Å². The fourth-order valence-electron chi connectivity index (χ4n) is 5.64. The van der Waals surface area contributed by atoms with Gasteiger partial charge in [0.25, 0.3) is 0 Å². The van der Waals surface area contributed by atoms with Gasteiger partial charge in [0.1, 0.15) is 11.2 Å². The minimum absolute atomic E-state index is 0.0187. The van der Waals surface area contributed by atoms with E-state index in [1.165, 1.54) is 0 Å². The van der Waals surface area contributed by atoms with Crippen LogP contribution in [0, 0.1) is 5.92 Å². The molecule has 3 atom stereocenters. The first-order chi connectivity index (χ1) is 14.1. The first kappa shape index (κ1) is 18.3. The summed E-state index contributed by atoms with van der Waals surface area (Å²) in [6, 6.07) is 3.94. The van der Waals surface area contributed by atoms with Crippen LogP contribution in [0.2, 0.25) is 0 Å². The van der Waals surface area contributed by atoms with Gasteiger partial charge in [-0.25, -0.2) is 4.79 Å². The maximum absolute atomic E-state index is 13.6. The molecule has 3 saturated heterocycles. The Labute approximate surface area is 169 Å². The summed E-state index contributed by atoms with van der Waals surface area (Å²) in [5, 5.41) is 6.92. The number of H-pyrrole nitrogens is 1. The van der Waals surface area contributed by atoms with Gasteiger partial charge in [-0.05, 0) is 44.4 Å². The van der Waals surface area contributed by atoms with Crippen LogP contribution in [0.1, 0.15) is 53.8 Å². The summed E-state index contributed by atoms with van der Waals surface area (Å²) in [5.74, 6) is 0.0893. The lowest BCUT2D eigenvalue weighted by Crippen LogP contribution is -2.49. The normalized spacial score (nSPS) is 28.6. The molecule has 3 aliphatic rings. The molecule has 5 heterocycles. The Morgan fingerprint density at radius 1 is 1.41 bits per heavy atom. The van der Waals surface area contributed by atoms with Crippen molar-refractivity contribution < 1.29 is 14.3 Å². The van der Waals surface area contributed by atoms with Crippen LogP contribution in [-0.2, 0) is 16.1 Å². The third kappa shape index (κ3) is 2.69. The molecule has 1 N–H and O–H groups in total. The molecule has 2 aromatic rings. The zero-order valence-electron chi connectivity index (χ0n) is 16.5. The molecule has 5 rings (SSSR count). The third-order valence-corrected chi connectivity index (χ3v) is 6.73. The lowest BCUT2D eigenvalue weighted by Gasteiger charge is -2.33. The van der Waals surface area contributed by atoms with E-state index in [0.717, 1.165) is 43.5 Å². The predicted octanol–water partition coefficient (Wildman–Crippen LogP) is 1.92. The van der Waals surface area contributed by atoms with E-state index < -0.39 is 5.54 Å². The number of hydrogen-bond acceptors (Lipinski definition) is 6. The summed E-state index contributed by atoms with van der Waals surface area (Å²) in [6.45, 7) is 4.32. The number of hydrogen-bond donors (Lipinski definition) is 1. The SMILES string of the molecule is CCOC(=O)c1[nH]ncc1[C@@H]1C[C@H]2CN(Cc3cccnc3)C(=O)[C@]23CCCN13. The Morgan fingerprint density at radius 3 is 3.10 bits per heavy atom. The van der Waals surface area contributed by atoms with Crippen molar-refractivity contribution in [1.82, 2.24) is 25.0 Å². The monoisotopic (exact) mass is 395 g/mol. The van der Waals surface area contributed by atoms with Gasteiger partial charge in [-0.15, -0.1) is 0 Å². The van der Waals surface area contributed by atoms with Crippen LogP contribution in [0.3, 0.4) is 0 Å². The molecule has 0 bridgehead atoms. The lowest BCUT2D eigenvalue weighted by molar-refractivity contribution is -0.137. The molecule has 3 fully saturated rings. The number of aromatic nitrogens is 3. The fourth-order valence-corrected chi connectivity index (χ4v) is 5.64. The van der Waals surface area contributed by atoms with Crippen molar-refractivity contribution in [2.24, 2.45) is 5.92 Å². The van der Waals surface area contributed by atoms with Gasteiger partial charge in [-0.2, -0.15) is 5.10 Å². The van der Waals surface area contributed by atoms with Crippen LogP contribution in [0.5, 0.6) is 0 Å². The average molecular weight is 395 g/mol. The van der Waals surface area contributed by atoms with E-state index in [2.05, 4.69) is 20.1 Å². The number of carbonyl (C=O) groups is 2. The molecule has 2 aromatic heterocycles. The molecular formula is C21H25N5O3. The van der Waals surface area contributed by atoms with Crippen molar-refractivity contribution in [3.63, 3.8) is 0 Å². The zero-order chi connectivity index (χ0) is 20.0. The Morgan fingerprint density at radius 2 is 2.31 bits per heavy atom. The number of likely N-dealkylation sites (tertiary alicyclic amines) is 1. The third-order valence-electron chi connectivity index (χ3n) is 6.73. The Kier molecular flexibility index (Phi) is 4.38. The van der Waals surface area contributed by atoms with Crippen LogP contribution >= 0.6 is 0 Å². The molecule has 8 nitrogen and oxygen atoms in total. The van der Waals surface area contributed by atoms with Gasteiger partial charge in [-0.1, -0.05) is 6.07 Å². The minimum Gasteiger partial charge on any atom is -0.461 e. The van der Waals surface area contributed by atoms with E-state index in [-0.39, 0.29) is 23.8 Å². The maximum atomic E-state index is 13.6. The number of rotatable bonds is 5. The number of amides is 1. The second-order valence-electron chi connectivity index (χ2n) is 8.14. The number of pyridine rings is 1. The van der Waals surface area contributed by atoms with Gasteiger partial charge in [0.05, 0.1) is 12.8 Å². The van der Waals surface area contributed by atoms with Crippen molar-refractivity contribution in [2.75, 3.05) is 19.7 Å². The first-order valence-corrected chi connectivity index (χ1v) is 10.3. The lowest BCUT2D eigenvalue weighted by atomic mass is 9.85. The van der Waals surface area contributed by atoms with Crippen molar-refractivity contribution in [2.45, 2.75) is 44.3 Å². The van der Waals surface area contributed by atoms with Gasteiger partial charge in [0, 0.05) is 43.0 Å². The van der Waals surface area contributed by atoms with E-state index in [1.807, 2.05) is 23.2 Å². The molecule has 0 aromatic carbocycles. The van der Waals surface area contributed by atoms with Crippen LogP contribution < -0.4 is 0 Å². The number of nitrogens with one attached hydrogen (secondary N) is 1. The zero-order valence-corrected chi connectivity index (χ0v) is 16.5. The number of ether oxygens (including phenoxy) is 1. The largest absolute Gasteiger partial charge is 0.461 e. The molecule has 1 spiro atoms. The van der Waals surface area contributed by atoms with E-state index >= 15 is 0 Å². The first-order valence-electron chi connectivity index (χ1n) is 10.3. The summed E-state index contributed by atoms with van der Waals surface area (Å²) in [4.78, 5) is 34.4. The second kappa shape index (κ2) is 6.95. The molecule has 152 valence electrons. The van der Waals surface area contributed by atoms with Crippen molar-refractivity contribution in [3.8, 4) is 0 Å². The molecule has 1 amide bonds. The summed E-state index contributed by atoms with van der Waals surface area (Å²) in [7, 11) is 0. The summed E-state index contributed by atoms with van der Waals surface area (Å²) in [6.07, 6.45) is 8.02. The predicted molar refractivity (Wildman–Crippen MR) is 104 cm³/mol. The molecular weight excluding hydrogens is 370 g/mol. The summed E-state index contributed by atoms with van der Waals surface area (Å²) in [5.41, 5.74) is 1.87. The highest BCUT2D eigenvalue weighted by molar-refractivity contribution is 5.91. The van der Waals surface area contributed by atoms with Gasteiger partial charge < -0.3 is 9.64 Å². The Bertz CT molecular complexity index is 929. The fraction of sp³-hybridized carbons (Fsp3) is 0.524. The van der Waals surface area contributed by atoms with Crippen LogP contribution in [-0.4, -0.2) is 62.1 Å². The van der Waals surface area contributed by atoms with E-state index in [9.17, 15) is 9.59 Å². The van der Waals surface area contributed by atoms with Gasteiger partial charge >= 0.3 is 5.97 Å². The van der Waals surface area contributed by atoms with Gasteiger partial charge in [0.2, 0.25) is 5.91 Å². The van der Waals surface area contributed by atoms with Crippen LogP contribution in [0.15, 0.2) is 30.7 Å². The smallest absolute Gasteiger partial charge is 0.356 e. The number of carbonyl (C=O) groups excluding carboxylic acids is 2. The Hall–Kier alpha value is -2.74. The number of nitrogens with zero attached hydrogens (tertiary/aromatic N) is 4. The molecule has 0 radical (unpaired) electrons. The highest BCUT2D eigenvalue weighted by Crippen LogP contribution is 2.56. The van der Waals surface area contributed by atoms with E-state index in [1.54, 1.807) is 19.3 Å². The van der Waals surface area contributed by atoms with Crippen molar-refractivity contribution in [3.05, 3.63) is 47.5 Å². The highest BCUT2D eigenvalue weighted by Gasteiger charge is 2.65. The molecule has 8 heteroatoms. The standard InChI is InChI=1S/C21H25N5O3/c1-2-29-19(27)18-16(11-23-24-18)17-9-15-13-25(12-14-5-3-7-22-10-14)20(28)21(15)6-4-8-26(17)21/h3,5,7,10-11,15,17H,2,4,6,8-9,12-13H2,1H3,(H,23,24)/t15-,17-,21-/m0/s1.